The van der Waals surface area contributed by atoms with Crippen LogP contribution in [0.25, 0.3) is 0 Å². The largest absolute Gasteiger partial charge is 0.486 e. The summed E-state index contributed by atoms with van der Waals surface area (Å²) in [6, 6.07) is 7.76. The zero-order valence-corrected chi connectivity index (χ0v) is 13.3. The molecular weight excluding hydrogens is 307 g/mol. The molecule has 0 amide bonds. The van der Waals surface area contributed by atoms with E-state index < -0.39 is 0 Å². The average molecular weight is 325 g/mol. The molecule has 5 heteroatoms. The smallest absolute Gasteiger partial charge is 0.139 e. The molecule has 0 radical (unpaired) electrons. The van der Waals surface area contributed by atoms with E-state index in [0.717, 1.165) is 5.69 Å². The van der Waals surface area contributed by atoms with Gasteiger partial charge in [-0.1, -0.05) is 42.5 Å². The number of halogens is 2. The van der Waals surface area contributed by atoms with Crippen LogP contribution in [0.1, 0.15) is 43.8 Å². The number of aromatic nitrogens is 2. The third-order valence-electron chi connectivity index (χ3n) is 3.88. The maximum Gasteiger partial charge on any atom is 0.139 e. The Morgan fingerprint density at radius 2 is 1.95 bits per heavy atom. The van der Waals surface area contributed by atoms with Crippen molar-refractivity contribution in [1.29, 1.82) is 0 Å². The first-order valence-corrected chi connectivity index (χ1v) is 8.10. The molecule has 3 rings (SSSR count). The number of hydrogen-bond acceptors (Lipinski definition) is 2. The van der Waals surface area contributed by atoms with Crippen LogP contribution in [0.2, 0.25) is 10.0 Å². The van der Waals surface area contributed by atoms with E-state index in [0.29, 0.717) is 28.4 Å². The lowest BCUT2D eigenvalue weighted by Crippen LogP contribution is -2.13. The average Bonchev–Trinajstić information content (AvgIpc) is 2.98. The summed E-state index contributed by atoms with van der Waals surface area (Å²) in [4.78, 5) is 0. The molecule has 0 N–H and O–H groups in total. The van der Waals surface area contributed by atoms with Crippen LogP contribution in [0.15, 0.2) is 30.5 Å². The van der Waals surface area contributed by atoms with E-state index in [1.54, 1.807) is 18.2 Å². The zero-order valence-electron chi connectivity index (χ0n) is 11.8. The zero-order chi connectivity index (χ0) is 14.7. The van der Waals surface area contributed by atoms with Crippen LogP contribution in [0, 0.1) is 0 Å². The molecule has 0 aliphatic heterocycles. The van der Waals surface area contributed by atoms with Gasteiger partial charge in [0.25, 0.3) is 0 Å². The summed E-state index contributed by atoms with van der Waals surface area (Å²) in [5.41, 5.74) is 0.914. The van der Waals surface area contributed by atoms with Gasteiger partial charge in [-0.05, 0) is 31.0 Å². The SMILES string of the molecule is Clc1ccc(Cl)c(OCc2ccn(C3CCCCC3)n2)c1. The summed E-state index contributed by atoms with van der Waals surface area (Å²) in [7, 11) is 0. The first-order valence-electron chi connectivity index (χ1n) is 7.34. The highest BCUT2D eigenvalue weighted by Crippen LogP contribution is 2.29. The molecule has 112 valence electrons. The molecule has 1 aliphatic rings. The molecule has 1 aliphatic carbocycles. The van der Waals surface area contributed by atoms with Crippen molar-refractivity contribution in [3.05, 3.63) is 46.2 Å². The number of rotatable bonds is 4. The Balaban J connectivity index is 1.63. The van der Waals surface area contributed by atoms with Gasteiger partial charge in [0, 0.05) is 17.3 Å². The van der Waals surface area contributed by atoms with Gasteiger partial charge in [-0.15, -0.1) is 0 Å². The first-order chi connectivity index (χ1) is 10.2. The lowest BCUT2D eigenvalue weighted by Gasteiger charge is -2.21. The van der Waals surface area contributed by atoms with Crippen molar-refractivity contribution >= 4 is 23.2 Å². The van der Waals surface area contributed by atoms with E-state index in [2.05, 4.69) is 9.78 Å². The van der Waals surface area contributed by atoms with E-state index >= 15 is 0 Å². The van der Waals surface area contributed by atoms with E-state index in [9.17, 15) is 0 Å². The second-order valence-electron chi connectivity index (χ2n) is 5.44. The highest BCUT2D eigenvalue weighted by Gasteiger charge is 2.16. The predicted molar refractivity (Wildman–Crippen MR) is 85.1 cm³/mol. The van der Waals surface area contributed by atoms with Crippen LogP contribution in [0.3, 0.4) is 0 Å². The molecule has 3 nitrogen and oxygen atoms in total. The molecule has 1 aromatic carbocycles. The lowest BCUT2D eigenvalue weighted by molar-refractivity contribution is 0.291. The first kappa shape index (κ1) is 14.7. The van der Waals surface area contributed by atoms with E-state index in [1.165, 1.54) is 32.1 Å². The monoisotopic (exact) mass is 324 g/mol. The molecule has 21 heavy (non-hydrogen) atoms. The highest BCUT2D eigenvalue weighted by atomic mass is 35.5. The van der Waals surface area contributed by atoms with Gasteiger partial charge >= 0.3 is 0 Å². The minimum Gasteiger partial charge on any atom is -0.486 e. The third kappa shape index (κ3) is 3.72. The number of ether oxygens (including phenoxy) is 1. The van der Waals surface area contributed by atoms with Crippen molar-refractivity contribution in [3.8, 4) is 5.75 Å². The van der Waals surface area contributed by atoms with E-state index in [-0.39, 0.29) is 0 Å². The predicted octanol–water partition coefficient (Wildman–Crippen LogP) is 5.27. The Morgan fingerprint density at radius 1 is 1.14 bits per heavy atom. The van der Waals surface area contributed by atoms with Crippen molar-refractivity contribution in [3.63, 3.8) is 0 Å². The second-order valence-corrected chi connectivity index (χ2v) is 6.29. The molecule has 1 fully saturated rings. The van der Waals surface area contributed by atoms with Gasteiger partial charge in [0.1, 0.15) is 12.4 Å². The van der Waals surface area contributed by atoms with Gasteiger partial charge < -0.3 is 4.74 Å². The summed E-state index contributed by atoms with van der Waals surface area (Å²) < 4.78 is 7.79. The van der Waals surface area contributed by atoms with Crippen LogP contribution in [0.5, 0.6) is 5.75 Å². The van der Waals surface area contributed by atoms with Crippen LogP contribution in [-0.4, -0.2) is 9.78 Å². The minimum atomic E-state index is 0.403. The van der Waals surface area contributed by atoms with E-state index in [1.807, 2.05) is 12.3 Å². The molecule has 0 unspecified atom stereocenters. The quantitative estimate of drug-likeness (QED) is 0.765. The third-order valence-corrected chi connectivity index (χ3v) is 4.43. The fourth-order valence-corrected chi connectivity index (χ4v) is 3.08. The van der Waals surface area contributed by atoms with Crippen molar-refractivity contribution in [1.82, 2.24) is 9.78 Å². The van der Waals surface area contributed by atoms with Gasteiger partial charge in [0.2, 0.25) is 0 Å². The van der Waals surface area contributed by atoms with Crippen LogP contribution in [0.4, 0.5) is 0 Å². The van der Waals surface area contributed by atoms with Crippen molar-refractivity contribution < 1.29 is 4.74 Å². The highest BCUT2D eigenvalue weighted by molar-refractivity contribution is 6.34. The summed E-state index contributed by atoms with van der Waals surface area (Å²) in [6.45, 7) is 0.403. The Kier molecular flexibility index (Phi) is 4.71. The van der Waals surface area contributed by atoms with E-state index in [4.69, 9.17) is 27.9 Å². The molecular formula is C16H18Cl2N2O. The van der Waals surface area contributed by atoms with Gasteiger partial charge in [-0.2, -0.15) is 5.10 Å². The van der Waals surface area contributed by atoms with Crippen molar-refractivity contribution in [2.24, 2.45) is 0 Å². The van der Waals surface area contributed by atoms with Crippen molar-refractivity contribution in [2.45, 2.75) is 44.8 Å². The van der Waals surface area contributed by atoms with Gasteiger partial charge in [0.15, 0.2) is 0 Å². The fraction of sp³-hybridized carbons (Fsp3) is 0.438. The number of hydrogen-bond donors (Lipinski definition) is 0. The van der Waals surface area contributed by atoms with Gasteiger partial charge in [0.05, 0.1) is 16.8 Å². The molecule has 0 bridgehead atoms. The molecule has 0 spiro atoms. The van der Waals surface area contributed by atoms with Gasteiger partial charge in [-0.25, -0.2) is 0 Å². The van der Waals surface area contributed by atoms with Crippen LogP contribution >= 0.6 is 23.2 Å². The summed E-state index contributed by atoms with van der Waals surface area (Å²) >= 11 is 12.0. The maximum atomic E-state index is 6.08. The minimum absolute atomic E-state index is 0.403. The summed E-state index contributed by atoms with van der Waals surface area (Å²) in [5, 5.41) is 5.79. The number of nitrogens with zero attached hydrogens (tertiary/aromatic N) is 2. The fourth-order valence-electron chi connectivity index (χ4n) is 2.74. The number of benzene rings is 1. The molecule has 2 aromatic rings. The molecule has 0 saturated heterocycles. The summed E-state index contributed by atoms with van der Waals surface area (Å²) in [5.74, 6) is 0.594. The Bertz CT molecular complexity index is 606. The Hall–Kier alpha value is -1.19. The standard InChI is InChI=1S/C16H18Cl2N2O/c17-12-6-7-15(18)16(10-12)21-11-13-8-9-20(19-13)14-4-2-1-3-5-14/h6-10,14H,1-5,11H2. The maximum absolute atomic E-state index is 6.08. The molecule has 1 aromatic heterocycles. The van der Waals surface area contributed by atoms with Crippen molar-refractivity contribution in [2.75, 3.05) is 0 Å². The topological polar surface area (TPSA) is 27.1 Å². The lowest BCUT2D eigenvalue weighted by atomic mass is 9.96. The molecule has 1 saturated carbocycles. The van der Waals surface area contributed by atoms with Crippen LogP contribution in [-0.2, 0) is 6.61 Å². The molecule has 0 atom stereocenters. The Labute approximate surface area is 134 Å². The molecule has 1 heterocycles. The normalized spacial score (nSPS) is 16.1. The van der Waals surface area contributed by atoms with Crippen LogP contribution < -0.4 is 4.74 Å². The Morgan fingerprint density at radius 3 is 2.76 bits per heavy atom. The van der Waals surface area contributed by atoms with Gasteiger partial charge in [-0.3, -0.25) is 4.68 Å². The second kappa shape index (κ2) is 6.71. The summed E-state index contributed by atoms with van der Waals surface area (Å²) in [6.07, 6.45) is 8.45.